The average molecular weight is 2010 g/mol. The summed E-state index contributed by atoms with van der Waals surface area (Å²) in [7, 11) is -3.12. The molecule has 0 bridgehead atoms. The molecule has 24 aromatic rings. The minimum atomic E-state index is -3.28. The minimum Gasteiger partial charge on any atom is -0.497 e. The number of sulfone groups is 2. The Hall–Kier alpha value is -19.5. The second-order valence-electron chi connectivity index (χ2n) is 34.2. The molecule has 0 aliphatic carbocycles. The first-order valence-corrected chi connectivity index (χ1v) is 49.4. The lowest BCUT2D eigenvalue weighted by molar-refractivity contribution is -0.116. The normalized spacial score (nSPS) is 11.2. The molecule has 6 N–H and O–H groups in total. The number of methoxy groups -OCH3 is 2. The maximum atomic E-state index is 13.6. The van der Waals surface area contributed by atoms with Gasteiger partial charge in [0, 0.05) is 170 Å². The van der Waals surface area contributed by atoms with E-state index in [1.54, 1.807) is 156 Å². The molecular weight excluding hydrogens is 1940 g/mol. The number of hydrogen-bond acceptors (Lipinski definition) is 25. The molecule has 0 aliphatic rings. The summed E-state index contributed by atoms with van der Waals surface area (Å²) in [6, 6.07) is 72.8. The Balaban J connectivity index is 0.000000111. The molecule has 0 atom stereocenters. The zero-order valence-corrected chi connectivity index (χ0v) is 81.4. The van der Waals surface area contributed by atoms with Crippen LogP contribution in [0, 0.1) is 80.7 Å². The van der Waals surface area contributed by atoms with E-state index in [1.807, 2.05) is 141 Å². The number of carbonyl (C=O) groups is 1. The number of fused-ring (bicyclic) bond motifs is 18. The van der Waals surface area contributed by atoms with Gasteiger partial charge < -0.3 is 39.4 Å². The topological polar surface area (TPSA) is 496 Å². The van der Waals surface area contributed by atoms with E-state index >= 15 is 0 Å². The van der Waals surface area contributed by atoms with Gasteiger partial charge in [-0.1, -0.05) is 89.9 Å². The van der Waals surface area contributed by atoms with Gasteiger partial charge in [-0.3, -0.25) is 4.79 Å². The lowest BCUT2D eigenvalue weighted by atomic mass is 10.0. The van der Waals surface area contributed by atoms with Gasteiger partial charge in [-0.05, 0) is 192 Å². The van der Waals surface area contributed by atoms with Crippen molar-refractivity contribution in [2.75, 3.05) is 26.7 Å². The van der Waals surface area contributed by atoms with Crippen LogP contribution >= 0.6 is 23.2 Å². The Morgan fingerprint density at radius 3 is 1.00 bits per heavy atom. The molecule has 18 aromatic heterocycles. The first-order valence-electron chi connectivity index (χ1n) is 44.7. The van der Waals surface area contributed by atoms with E-state index in [9.17, 15) is 26.0 Å². The molecule has 0 saturated carbocycles. The molecule has 18 heterocycles. The Morgan fingerprint density at radius 1 is 0.333 bits per heavy atom. The van der Waals surface area contributed by atoms with Crippen LogP contribution in [0.2, 0.25) is 10.0 Å². The van der Waals surface area contributed by atoms with Crippen LogP contribution in [0.15, 0.2) is 279 Å². The third-order valence-electron chi connectivity index (χ3n) is 24.0. The van der Waals surface area contributed by atoms with Crippen LogP contribution in [0.3, 0.4) is 0 Å². The predicted octanol–water partition coefficient (Wildman–Crippen LogP) is 22.7. The number of H-pyrrole nitrogens is 6. The highest BCUT2D eigenvalue weighted by Crippen LogP contribution is 2.40. The van der Waals surface area contributed by atoms with Crippen LogP contribution in [-0.4, -0.2) is 139 Å². The Bertz CT molecular complexity index is 10000. The standard InChI is InChI=1S/C20H14N4O.C19H14N4O2S.2C18H11ClN4O.C18H11FN4.C18H12N4O2S/c1-12(25)6-13-2-4-14(5-3-13)15-7-18-17-8-16(9-21)22-11-19(17)24-20(18)23-10-15;1-26(24,25)11-12-2-4-13(5-3-12)14-6-17-16-7-15(8-20)21-10-18(16)23-19(17)22-9-14;1-24-14-3-10(2-12(19)5-14)11-4-16-15-6-13(7-20)21-9-17(15)23-18(16)22-8-11;1-24-12-2-3-16(19)13(6-12)10-4-15-14-5-11(7-20)21-9-17(14)23-18(15)22-8-10;1-10-2-11(4-13(19)3-10)12-5-16-15-6-14(7-20)21-9-17(15)23-18(16)22-8-12;1-25(23,24)14-4-2-3-11(5-14)12-6-16-15-7-13(8-19)20-10-17(15)22-18(16)21-9-12/h2-5,7-8,10-11H,6H2,1H3,(H,23,24);2-7,9-10H,11H2,1H3,(H,22,23);2*2-6,8-9H,1H3,(H,22,23);2-6,8-9H,1H3,(H,22,23);2-7,9-10H,1H3,(H,21,22). The van der Waals surface area contributed by atoms with Gasteiger partial charge in [-0.25, -0.2) is 81.0 Å². The molecule has 24 rings (SSSR count). The molecule has 0 fully saturated rings. The van der Waals surface area contributed by atoms with E-state index in [1.165, 1.54) is 24.6 Å². The lowest BCUT2D eigenvalue weighted by Gasteiger charge is -2.07. The van der Waals surface area contributed by atoms with Crippen molar-refractivity contribution in [1.82, 2.24) is 89.7 Å². The van der Waals surface area contributed by atoms with Crippen molar-refractivity contribution in [1.29, 1.82) is 31.6 Å². The molecule has 0 aliphatic heterocycles. The van der Waals surface area contributed by atoms with Crippen molar-refractivity contribution in [2.24, 2.45) is 0 Å². The number of pyridine rings is 12. The average Bonchev–Trinajstić information content (AvgIpc) is 1.64. The van der Waals surface area contributed by atoms with Crippen LogP contribution in [-0.2, 0) is 36.6 Å². The number of ketones is 1. The molecule has 712 valence electrons. The zero-order valence-electron chi connectivity index (χ0n) is 78.3. The molecule has 0 unspecified atom stereocenters. The third kappa shape index (κ3) is 20.9. The summed E-state index contributed by atoms with van der Waals surface area (Å²) in [6.45, 7) is 3.45. The number of benzene rings is 6. The fourth-order valence-electron chi connectivity index (χ4n) is 17.1. The van der Waals surface area contributed by atoms with E-state index in [4.69, 9.17) is 64.2 Å². The highest BCUT2D eigenvalue weighted by atomic mass is 35.5. The van der Waals surface area contributed by atoms with E-state index in [0.29, 0.717) is 67.7 Å². The number of nitriles is 6. The number of carbonyl (C=O) groups excluding carboxylic acids is 1. The number of nitrogens with one attached hydrogen (secondary N) is 6. The largest absolute Gasteiger partial charge is 0.497 e. The fourth-order valence-corrected chi connectivity index (χ4v) is 19.0. The maximum absolute atomic E-state index is 13.6. The Morgan fingerprint density at radius 2 is 0.667 bits per heavy atom. The number of ether oxygens (including phenoxy) is 2. The lowest BCUT2D eigenvalue weighted by Crippen LogP contribution is -2.00. The molecule has 36 heteroatoms. The van der Waals surface area contributed by atoms with E-state index in [-0.39, 0.29) is 22.2 Å². The van der Waals surface area contributed by atoms with Crippen molar-refractivity contribution >= 4 is 180 Å². The van der Waals surface area contributed by atoms with E-state index in [0.717, 1.165) is 210 Å². The summed E-state index contributed by atoms with van der Waals surface area (Å²) in [5.74, 6) is 1.32. The van der Waals surface area contributed by atoms with Crippen molar-refractivity contribution in [3.05, 3.63) is 341 Å². The minimum absolute atomic E-state index is 0.0248. The number of nitrogens with zero attached hydrogens (tertiary/aromatic N) is 18. The van der Waals surface area contributed by atoms with Gasteiger partial charge in [-0.15, -0.1) is 0 Å². The highest BCUT2D eigenvalue weighted by Gasteiger charge is 2.21. The molecule has 6 aromatic carbocycles. The van der Waals surface area contributed by atoms with E-state index < -0.39 is 19.7 Å². The first kappa shape index (κ1) is 96.4. The van der Waals surface area contributed by atoms with Crippen LogP contribution < -0.4 is 9.47 Å². The fraction of sp³-hybridized carbons (Fsp3) is 0.0721. The quantitative estimate of drug-likeness (QED) is 0.0624. The van der Waals surface area contributed by atoms with Gasteiger partial charge in [-0.2, -0.15) is 31.6 Å². The van der Waals surface area contributed by atoms with E-state index in [2.05, 4.69) is 120 Å². The van der Waals surface area contributed by atoms with Crippen LogP contribution in [0.1, 0.15) is 57.8 Å². The molecule has 31 nitrogen and oxygen atoms in total. The number of hydrogen-bond donors (Lipinski definition) is 6. The van der Waals surface area contributed by atoms with Gasteiger partial charge in [0.15, 0.2) is 19.7 Å². The smallest absolute Gasteiger partial charge is 0.175 e. The number of rotatable bonds is 13. The summed E-state index contributed by atoms with van der Waals surface area (Å²) in [5.41, 5.74) is 24.7. The van der Waals surface area contributed by atoms with Crippen molar-refractivity contribution in [3.8, 4) is 115 Å². The number of aromatic nitrogens is 18. The van der Waals surface area contributed by atoms with Gasteiger partial charge in [0.25, 0.3) is 0 Å². The zero-order chi connectivity index (χ0) is 103. The van der Waals surface area contributed by atoms with Crippen LogP contribution in [0.5, 0.6) is 11.5 Å². The summed E-state index contributed by atoms with van der Waals surface area (Å²) in [5, 5.41) is 66.4. The predicted molar refractivity (Wildman–Crippen MR) is 563 cm³/mol. The Labute approximate surface area is 844 Å². The second-order valence-corrected chi connectivity index (χ2v) is 39.2. The number of aryl methyl sites for hydroxylation is 1. The summed E-state index contributed by atoms with van der Waals surface area (Å²) >= 11 is 12.5. The van der Waals surface area contributed by atoms with Crippen molar-refractivity contribution < 1.29 is 35.5 Å². The summed E-state index contributed by atoms with van der Waals surface area (Å²) < 4.78 is 70.6. The number of halogens is 3. The monoisotopic (exact) mass is 2010 g/mol. The SMILES string of the molecule is CC(=O)Cc1ccc(-c2cnc3[nH]c4cnc(C#N)cc4c3c2)cc1.COc1cc(Cl)cc(-c2cnc3[nH]c4cnc(C#N)cc4c3c2)c1.COc1ccc(Cl)c(-c2cnc3[nH]c4cnc(C#N)cc4c3c2)c1.CS(=O)(=O)Cc1ccc(-c2cnc3[nH]c4cnc(C#N)cc4c3c2)cc1.CS(=O)(=O)c1cccc(-c2cnc3[nH]c4cnc(C#N)cc4c3c2)c1.Cc1cc(F)cc(-c2cnc3[nH]c4cnc(C#N)cc4c3c2)c1. The van der Waals surface area contributed by atoms with Crippen LogP contribution in [0.25, 0.3) is 198 Å². The third-order valence-corrected chi connectivity index (χ3v) is 26.6. The second kappa shape index (κ2) is 40.6. The number of Topliss-reactive ketones (excluding diaryl/α,β-unsaturated/α-hetero) is 1. The summed E-state index contributed by atoms with van der Waals surface area (Å²) in [6.07, 6.45) is 23.2. The van der Waals surface area contributed by atoms with Crippen LogP contribution in [0.4, 0.5) is 4.39 Å². The highest BCUT2D eigenvalue weighted by molar-refractivity contribution is 7.90. The van der Waals surface area contributed by atoms with Gasteiger partial charge in [0.2, 0.25) is 0 Å². The summed E-state index contributed by atoms with van der Waals surface area (Å²) in [4.78, 5) is 81.9. The molecule has 0 amide bonds. The van der Waals surface area contributed by atoms with Gasteiger partial charge in [0.05, 0.1) is 95.1 Å². The molecule has 147 heavy (non-hydrogen) atoms. The first-order chi connectivity index (χ1) is 71.0. The Kier molecular flexibility index (Phi) is 26.7. The molecule has 0 spiro atoms. The number of aromatic amines is 6. The van der Waals surface area contributed by atoms with Gasteiger partial charge >= 0.3 is 0 Å². The van der Waals surface area contributed by atoms with Crippen molar-refractivity contribution in [2.45, 2.75) is 30.9 Å². The molecular formula is C111H73Cl2FN24O7S2. The maximum Gasteiger partial charge on any atom is 0.175 e. The molecule has 0 radical (unpaired) electrons. The van der Waals surface area contributed by atoms with Gasteiger partial charge in [0.1, 0.15) is 128 Å². The molecule has 0 saturated heterocycles. The van der Waals surface area contributed by atoms with Crippen molar-refractivity contribution in [3.63, 3.8) is 0 Å².